The van der Waals surface area contributed by atoms with E-state index in [0.29, 0.717) is 12.1 Å². The van der Waals surface area contributed by atoms with E-state index in [1.54, 1.807) is 0 Å². The van der Waals surface area contributed by atoms with Gasteiger partial charge in [0.05, 0.1) is 18.4 Å². The van der Waals surface area contributed by atoms with Gasteiger partial charge in [0.2, 0.25) is 0 Å². The van der Waals surface area contributed by atoms with Gasteiger partial charge in [0.15, 0.2) is 5.13 Å². The average molecular weight is 309 g/mol. The van der Waals surface area contributed by atoms with Crippen molar-refractivity contribution in [2.75, 3.05) is 24.6 Å². The Balaban J connectivity index is 1.74. The van der Waals surface area contributed by atoms with Crippen LogP contribution in [0.5, 0.6) is 0 Å². The van der Waals surface area contributed by atoms with Gasteiger partial charge in [-0.25, -0.2) is 4.98 Å². The molecule has 1 saturated carbocycles. The number of hydrogen-bond acceptors (Lipinski definition) is 5. The zero-order valence-corrected chi connectivity index (χ0v) is 14.2. The molecule has 1 aliphatic heterocycles. The number of aromatic nitrogens is 1. The lowest BCUT2D eigenvalue weighted by Gasteiger charge is -2.32. The van der Waals surface area contributed by atoms with Crippen molar-refractivity contribution < 1.29 is 4.74 Å². The number of rotatable bonds is 6. The first-order chi connectivity index (χ1) is 10.2. The van der Waals surface area contributed by atoms with E-state index in [1.165, 1.54) is 28.5 Å². The number of hydrogen-bond donors (Lipinski definition) is 1. The Morgan fingerprint density at radius 1 is 1.43 bits per heavy atom. The van der Waals surface area contributed by atoms with Crippen molar-refractivity contribution in [1.82, 2.24) is 10.3 Å². The van der Waals surface area contributed by atoms with Crippen LogP contribution >= 0.6 is 11.3 Å². The van der Waals surface area contributed by atoms with Gasteiger partial charge in [-0.2, -0.15) is 0 Å². The molecular weight excluding hydrogens is 282 g/mol. The molecule has 3 rings (SSSR count). The molecule has 0 amide bonds. The fraction of sp³-hybridized carbons (Fsp3) is 0.812. The maximum atomic E-state index is 5.78. The van der Waals surface area contributed by atoms with Crippen molar-refractivity contribution in [1.29, 1.82) is 0 Å². The summed E-state index contributed by atoms with van der Waals surface area (Å²) in [7, 11) is 0. The molecule has 0 bridgehead atoms. The van der Waals surface area contributed by atoms with Crippen LogP contribution < -0.4 is 10.2 Å². The monoisotopic (exact) mass is 309 g/mol. The summed E-state index contributed by atoms with van der Waals surface area (Å²) in [5.41, 5.74) is 1.36. The second-order valence-corrected chi connectivity index (χ2v) is 7.52. The molecule has 2 aliphatic rings. The van der Waals surface area contributed by atoms with Crippen molar-refractivity contribution in [3.05, 3.63) is 10.6 Å². The number of nitrogens with one attached hydrogen (secondary N) is 1. The van der Waals surface area contributed by atoms with E-state index in [2.05, 4.69) is 31.0 Å². The van der Waals surface area contributed by atoms with Crippen LogP contribution in [0.1, 0.15) is 56.5 Å². The first-order valence-corrected chi connectivity index (χ1v) is 9.08. The van der Waals surface area contributed by atoms with Gasteiger partial charge in [-0.15, -0.1) is 11.3 Å². The van der Waals surface area contributed by atoms with E-state index in [0.717, 1.165) is 38.6 Å². The summed E-state index contributed by atoms with van der Waals surface area (Å²) in [6, 6.07) is 0.524. The molecule has 1 N–H and O–H groups in total. The number of nitrogens with zero attached hydrogens (tertiary/aromatic N) is 2. The Morgan fingerprint density at radius 3 is 2.90 bits per heavy atom. The molecule has 0 aromatic carbocycles. The molecule has 1 unspecified atom stereocenters. The number of morpholine rings is 1. The second-order valence-electron chi connectivity index (χ2n) is 6.46. The SMILES string of the molecule is CCC1CN(c2nc(C3CC3)c(CNC(C)C)s2)CCO1. The molecule has 2 fully saturated rings. The smallest absolute Gasteiger partial charge is 0.186 e. The molecule has 4 nitrogen and oxygen atoms in total. The highest BCUT2D eigenvalue weighted by Crippen LogP contribution is 2.44. The minimum absolute atomic E-state index is 0.365. The largest absolute Gasteiger partial charge is 0.375 e. The maximum absolute atomic E-state index is 5.78. The molecule has 5 heteroatoms. The zero-order valence-electron chi connectivity index (χ0n) is 13.4. The quantitative estimate of drug-likeness (QED) is 0.876. The highest BCUT2D eigenvalue weighted by atomic mass is 32.1. The van der Waals surface area contributed by atoms with E-state index in [1.807, 2.05) is 11.3 Å². The highest BCUT2D eigenvalue weighted by molar-refractivity contribution is 7.15. The lowest BCUT2D eigenvalue weighted by molar-refractivity contribution is 0.0384. The maximum Gasteiger partial charge on any atom is 0.186 e. The van der Waals surface area contributed by atoms with Gasteiger partial charge in [-0.1, -0.05) is 20.8 Å². The Morgan fingerprint density at radius 2 is 2.24 bits per heavy atom. The molecule has 1 aromatic rings. The normalized spacial score (nSPS) is 23.0. The van der Waals surface area contributed by atoms with Crippen LogP contribution in [0.2, 0.25) is 0 Å². The fourth-order valence-electron chi connectivity index (χ4n) is 2.73. The lowest BCUT2D eigenvalue weighted by Crippen LogP contribution is -2.42. The summed E-state index contributed by atoms with van der Waals surface area (Å²) in [5.74, 6) is 0.724. The van der Waals surface area contributed by atoms with Gasteiger partial charge in [-0.05, 0) is 19.3 Å². The van der Waals surface area contributed by atoms with E-state index in [-0.39, 0.29) is 0 Å². The summed E-state index contributed by atoms with van der Waals surface area (Å²) < 4.78 is 5.78. The minimum Gasteiger partial charge on any atom is -0.375 e. The third kappa shape index (κ3) is 3.76. The van der Waals surface area contributed by atoms with Crippen molar-refractivity contribution in [3.63, 3.8) is 0 Å². The summed E-state index contributed by atoms with van der Waals surface area (Å²) in [6.07, 6.45) is 4.08. The summed E-state index contributed by atoms with van der Waals surface area (Å²) in [6.45, 7) is 10.4. The van der Waals surface area contributed by atoms with Crippen molar-refractivity contribution >= 4 is 16.5 Å². The van der Waals surface area contributed by atoms with E-state index >= 15 is 0 Å². The summed E-state index contributed by atoms with van der Waals surface area (Å²) in [4.78, 5) is 8.86. The standard InChI is InChI=1S/C16H27N3OS/c1-4-13-10-19(7-8-20-13)16-18-15(12-5-6-12)14(21-16)9-17-11(2)3/h11-13,17H,4-10H2,1-3H3. The number of thiazole rings is 1. The molecule has 0 radical (unpaired) electrons. The van der Waals surface area contributed by atoms with Crippen molar-refractivity contribution in [2.24, 2.45) is 0 Å². The van der Waals surface area contributed by atoms with Gasteiger partial charge in [-0.3, -0.25) is 0 Å². The van der Waals surface area contributed by atoms with Crippen LogP contribution in [-0.4, -0.2) is 36.8 Å². The van der Waals surface area contributed by atoms with Gasteiger partial charge < -0.3 is 15.0 Å². The molecule has 0 spiro atoms. The van der Waals surface area contributed by atoms with E-state index < -0.39 is 0 Å². The van der Waals surface area contributed by atoms with Crippen LogP contribution in [0.4, 0.5) is 5.13 Å². The lowest BCUT2D eigenvalue weighted by atomic mass is 10.2. The Labute approximate surface area is 131 Å². The predicted molar refractivity (Wildman–Crippen MR) is 88.3 cm³/mol. The fourth-order valence-corrected chi connectivity index (χ4v) is 3.86. The predicted octanol–water partition coefficient (Wildman–Crippen LogP) is 3.13. The number of ether oxygens (including phenoxy) is 1. The van der Waals surface area contributed by atoms with Gasteiger partial charge in [0.25, 0.3) is 0 Å². The van der Waals surface area contributed by atoms with Crippen LogP contribution in [0.15, 0.2) is 0 Å². The minimum atomic E-state index is 0.365. The first-order valence-electron chi connectivity index (χ1n) is 8.27. The van der Waals surface area contributed by atoms with Gasteiger partial charge in [0.1, 0.15) is 0 Å². The summed E-state index contributed by atoms with van der Waals surface area (Å²) in [5, 5.41) is 4.76. The first kappa shape index (κ1) is 15.3. The molecule has 2 heterocycles. The van der Waals surface area contributed by atoms with E-state index in [9.17, 15) is 0 Å². The molecule has 1 atom stereocenters. The Bertz CT molecular complexity index is 470. The van der Waals surface area contributed by atoms with Crippen LogP contribution in [0, 0.1) is 0 Å². The van der Waals surface area contributed by atoms with Crippen molar-refractivity contribution in [3.8, 4) is 0 Å². The third-order valence-corrected chi connectivity index (χ3v) is 5.35. The van der Waals surface area contributed by atoms with Gasteiger partial charge in [0, 0.05) is 36.5 Å². The van der Waals surface area contributed by atoms with Crippen LogP contribution in [0.3, 0.4) is 0 Å². The van der Waals surface area contributed by atoms with Gasteiger partial charge >= 0.3 is 0 Å². The topological polar surface area (TPSA) is 37.4 Å². The highest BCUT2D eigenvalue weighted by Gasteiger charge is 2.31. The van der Waals surface area contributed by atoms with Crippen LogP contribution in [0.25, 0.3) is 0 Å². The van der Waals surface area contributed by atoms with E-state index in [4.69, 9.17) is 9.72 Å². The Kier molecular flexibility index (Phi) is 4.82. The molecule has 118 valence electrons. The molecule has 1 aliphatic carbocycles. The third-order valence-electron chi connectivity index (χ3n) is 4.22. The van der Waals surface area contributed by atoms with Crippen LogP contribution in [-0.2, 0) is 11.3 Å². The van der Waals surface area contributed by atoms with Crippen molar-refractivity contribution in [2.45, 2.75) is 64.6 Å². The second kappa shape index (κ2) is 6.63. The molecule has 1 aromatic heterocycles. The zero-order chi connectivity index (χ0) is 14.8. The molecule has 1 saturated heterocycles. The molecular formula is C16H27N3OS. The number of anilines is 1. The average Bonchev–Trinajstić information content (AvgIpc) is 3.25. The molecule has 21 heavy (non-hydrogen) atoms. The Hall–Kier alpha value is -0.650. The summed E-state index contributed by atoms with van der Waals surface area (Å²) >= 11 is 1.89.